The topological polar surface area (TPSA) is 58.8 Å². The Kier molecular flexibility index (Phi) is 3.03. The molecular formula is C14H17N3O2. The lowest BCUT2D eigenvalue weighted by atomic mass is 10.2. The zero-order chi connectivity index (χ0) is 13.2. The van der Waals surface area contributed by atoms with Gasteiger partial charge in [0.1, 0.15) is 5.76 Å². The SMILES string of the molecule is COc1cccc2cc([C@@H](C)NC3=NCCN3)oc12. The number of ether oxygens (including phenoxy) is 1. The molecule has 0 amide bonds. The van der Waals surface area contributed by atoms with Crippen LogP contribution in [0.4, 0.5) is 0 Å². The Morgan fingerprint density at radius 1 is 1.47 bits per heavy atom. The van der Waals surface area contributed by atoms with E-state index in [1.54, 1.807) is 7.11 Å². The van der Waals surface area contributed by atoms with E-state index in [1.807, 2.05) is 31.2 Å². The van der Waals surface area contributed by atoms with Gasteiger partial charge in [0.15, 0.2) is 17.3 Å². The summed E-state index contributed by atoms with van der Waals surface area (Å²) in [6, 6.07) is 7.97. The van der Waals surface area contributed by atoms with Crippen molar-refractivity contribution < 1.29 is 9.15 Å². The first-order valence-corrected chi connectivity index (χ1v) is 6.39. The number of aliphatic imine (C=N–C) groups is 1. The largest absolute Gasteiger partial charge is 0.493 e. The van der Waals surface area contributed by atoms with Crippen molar-refractivity contribution in [2.75, 3.05) is 20.2 Å². The second-order valence-electron chi connectivity index (χ2n) is 4.55. The maximum atomic E-state index is 5.89. The van der Waals surface area contributed by atoms with Crippen molar-refractivity contribution in [3.63, 3.8) is 0 Å². The fraction of sp³-hybridized carbons (Fsp3) is 0.357. The van der Waals surface area contributed by atoms with Gasteiger partial charge in [-0.15, -0.1) is 0 Å². The lowest BCUT2D eigenvalue weighted by molar-refractivity contribution is 0.404. The Hall–Kier alpha value is -2.17. The van der Waals surface area contributed by atoms with E-state index in [4.69, 9.17) is 9.15 Å². The van der Waals surface area contributed by atoms with Crippen molar-refractivity contribution in [3.8, 4) is 5.75 Å². The summed E-state index contributed by atoms with van der Waals surface area (Å²) < 4.78 is 11.2. The van der Waals surface area contributed by atoms with Gasteiger partial charge < -0.3 is 19.8 Å². The first-order valence-electron chi connectivity index (χ1n) is 6.39. The number of benzene rings is 1. The summed E-state index contributed by atoms with van der Waals surface area (Å²) >= 11 is 0. The van der Waals surface area contributed by atoms with E-state index in [2.05, 4.69) is 15.6 Å². The van der Waals surface area contributed by atoms with Gasteiger partial charge in [0, 0.05) is 11.9 Å². The van der Waals surface area contributed by atoms with E-state index >= 15 is 0 Å². The van der Waals surface area contributed by atoms with Crippen LogP contribution in [0.5, 0.6) is 5.75 Å². The molecule has 0 spiro atoms. The molecule has 0 bridgehead atoms. The van der Waals surface area contributed by atoms with Crippen LogP contribution in [0.3, 0.4) is 0 Å². The first kappa shape index (κ1) is 11.9. The smallest absolute Gasteiger partial charge is 0.191 e. The van der Waals surface area contributed by atoms with E-state index < -0.39 is 0 Å². The van der Waals surface area contributed by atoms with Gasteiger partial charge in [-0.2, -0.15) is 0 Å². The number of hydrogen-bond donors (Lipinski definition) is 2. The number of nitrogens with one attached hydrogen (secondary N) is 2. The van der Waals surface area contributed by atoms with Gasteiger partial charge in [-0.1, -0.05) is 12.1 Å². The fourth-order valence-corrected chi connectivity index (χ4v) is 2.20. The standard InChI is InChI=1S/C14H17N3O2/c1-9(17-14-15-6-7-16-14)12-8-10-4-3-5-11(18-2)13(10)19-12/h3-5,8-9H,6-7H2,1-2H3,(H2,15,16,17)/t9-/m1/s1. The predicted octanol–water partition coefficient (Wildman–Crippen LogP) is 2.05. The van der Waals surface area contributed by atoms with Crippen molar-refractivity contribution in [3.05, 3.63) is 30.0 Å². The summed E-state index contributed by atoms with van der Waals surface area (Å²) in [5, 5.41) is 7.53. The van der Waals surface area contributed by atoms with Crippen LogP contribution in [0.2, 0.25) is 0 Å². The number of guanidine groups is 1. The molecule has 100 valence electrons. The second-order valence-corrected chi connectivity index (χ2v) is 4.55. The summed E-state index contributed by atoms with van der Waals surface area (Å²) in [6.45, 7) is 3.76. The molecule has 2 heterocycles. The van der Waals surface area contributed by atoms with Gasteiger partial charge in [0.05, 0.1) is 19.7 Å². The maximum Gasteiger partial charge on any atom is 0.191 e. The Bertz CT molecular complexity index is 618. The highest BCUT2D eigenvalue weighted by atomic mass is 16.5. The molecule has 5 heteroatoms. The molecule has 0 unspecified atom stereocenters. The van der Waals surface area contributed by atoms with Crippen LogP contribution in [0.1, 0.15) is 18.7 Å². The van der Waals surface area contributed by atoms with Gasteiger partial charge in [-0.25, -0.2) is 0 Å². The molecular weight excluding hydrogens is 242 g/mol. The van der Waals surface area contributed by atoms with Crippen molar-refractivity contribution in [1.29, 1.82) is 0 Å². The summed E-state index contributed by atoms with van der Waals surface area (Å²) in [5.41, 5.74) is 0.787. The van der Waals surface area contributed by atoms with E-state index in [0.29, 0.717) is 0 Å². The maximum absolute atomic E-state index is 5.89. The van der Waals surface area contributed by atoms with Gasteiger partial charge in [-0.05, 0) is 19.1 Å². The number of rotatable bonds is 3. The van der Waals surface area contributed by atoms with Gasteiger partial charge in [0.25, 0.3) is 0 Å². The van der Waals surface area contributed by atoms with Gasteiger partial charge in [0.2, 0.25) is 0 Å². The molecule has 1 aromatic heterocycles. The number of hydrogen-bond acceptors (Lipinski definition) is 5. The van der Waals surface area contributed by atoms with E-state index in [0.717, 1.165) is 41.5 Å². The summed E-state index contributed by atoms with van der Waals surface area (Å²) in [6.07, 6.45) is 0. The van der Waals surface area contributed by atoms with Gasteiger partial charge >= 0.3 is 0 Å². The number of furan rings is 1. The highest BCUT2D eigenvalue weighted by Gasteiger charge is 2.16. The van der Waals surface area contributed by atoms with Gasteiger partial charge in [-0.3, -0.25) is 4.99 Å². The Morgan fingerprint density at radius 3 is 3.11 bits per heavy atom. The molecule has 3 rings (SSSR count). The third kappa shape index (κ3) is 2.23. The zero-order valence-electron chi connectivity index (χ0n) is 11.1. The average molecular weight is 259 g/mol. The molecule has 2 N–H and O–H groups in total. The lowest BCUT2D eigenvalue weighted by Crippen LogP contribution is -2.35. The Morgan fingerprint density at radius 2 is 2.37 bits per heavy atom. The molecule has 5 nitrogen and oxygen atoms in total. The van der Waals surface area contributed by atoms with Crippen LogP contribution >= 0.6 is 0 Å². The van der Waals surface area contributed by atoms with Crippen LogP contribution < -0.4 is 15.4 Å². The minimum atomic E-state index is 0.0569. The van der Waals surface area contributed by atoms with Crippen molar-refractivity contribution in [2.45, 2.75) is 13.0 Å². The third-order valence-electron chi connectivity index (χ3n) is 3.20. The van der Waals surface area contributed by atoms with Crippen LogP contribution in [-0.2, 0) is 0 Å². The number of methoxy groups -OCH3 is 1. The molecule has 1 aliphatic rings. The monoisotopic (exact) mass is 259 g/mol. The van der Waals surface area contributed by atoms with E-state index in [1.165, 1.54) is 0 Å². The van der Waals surface area contributed by atoms with E-state index in [-0.39, 0.29) is 6.04 Å². The van der Waals surface area contributed by atoms with Crippen LogP contribution in [0.25, 0.3) is 11.0 Å². The Balaban J connectivity index is 1.88. The Labute approximate surface area is 111 Å². The third-order valence-corrected chi connectivity index (χ3v) is 3.20. The number of nitrogens with zero attached hydrogens (tertiary/aromatic N) is 1. The minimum Gasteiger partial charge on any atom is -0.493 e. The quantitative estimate of drug-likeness (QED) is 0.885. The van der Waals surface area contributed by atoms with Crippen LogP contribution in [-0.4, -0.2) is 26.2 Å². The predicted molar refractivity (Wildman–Crippen MR) is 74.6 cm³/mol. The summed E-state index contributed by atoms with van der Waals surface area (Å²) in [5.74, 6) is 2.46. The van der Waals surface area contributed by atoms with Crippen LogP contribution in [0.15, 0.2) is 33.7 Å². The molecule has 1 aliphatic heterocycles. The second kappa shape index (κ2) is 4.84. The van der Waals surface area contributed by atoms with Crippen molar-refractivity contribution in [1.82, 2.24) is 10.6 Å². The first-order chi connectivity index (χ1) is 9.28. The molecule has 19 heavy (non-hydrogen) atoms. The normalized spacial score (nSPS) is 16.0. The van der Waals surface area contributed by atoms with Crippen molar-refractivity contribution >= 4 is 16.9 Å². The van der Waals surface area contributed by atoms with E-state index in [9.17, 15) is 0 Å². The fourth-order valence-electron chi connectivity index (χ4n) is 2.20. The molecule has 0 saturated heterocycles. The molecule has 0 saturated carbocycles. The molecule has 0 radical (unpaired) electrons. The highest BCUT2D eigenvalue weighted by Crippen LogP contribution is 2.30. The minimum absolute atomic E-state index is 0.0569. The number of fused-ring (bicyclic) bond motifs is 1. The summed E-state index contributed by atoms with van der Waals surface area (Å²) in [4.78, 5) is 4.32. The molecule has 0 fully saturated rings. The molecule has 0 aliphatic carbocycles. The zero-order valence-corrected chi connectivity index (χ0v) is 11.1. The van der Waals surface area contributed by atoms with Crippen LogP contribution in [0, 0.1) is 0 Å². The molecule has 1 aromatic carbocycles. The summed E-state index contributed by atoms with van der Waals surface area (Å²) in [7, 11) is 1.65. The number of para-hydroxylation sites is 1. The lowest BCUT2D eigenvalue weighted by Gasteiger charge is -2.12. The molecule has 1 atom stereocenters. The average Bonchev–Trinajstić information content (AvgIpc) is 3.06. The van der Waals surface area contributed by atoms with Crippen molar-refractivity contribution in [2.24, 2.45) is 4.99 Å². The molecule has 2 aromatic rings. The highest BCUT2D eigenvalue weighted by molar-refractivity contribution is 5.84.